The number of carboxylic acids is 1. The Morgan fingerprint density at radius 3 is 2.85 bits per heavy atom. The van der Waals surface area contributed by atoms with Crippen LogP contribution in [0.3, 0.4) is 0 Å². The normalized spacial score (nSPS) is 23.8. The third-order valence-electron chi connectivity index (χ3n) is 4.06. The van der Waals surface area contributed by atoms with Crippen molar-refractivity contribution >= 4 is 33.5 Å². The molecule has 0 amide bonds. The van der Waals surface area contributed by atoms with E-state index < -0.39 is 5.97 Å². The lowest BCUT2D eigenvalue weighted by molar-refractivity contribution is -0.144. The number of hydrogen-bond donors (Lipinski definition) is 1. The Hall–Kier alpha value is -0.580. The van der Waals surface area contributed by atoms with Crippen molar-refractivity contribution in [2.24, 2.45) is 5.92 Å². The summed E-state index contributed by atoms with van der Waals surface area (Å²) in [5.41, 5.74) is 2.15. The molecule has 0 aromatic heterocycles. The number of carbonyl (C=O) groups is 1. The van der Waals surface area contributed by atoms with E-state index in [0.29, 0.717) is 12.6 Å². The smallest absolute Gasteiger partial charge is 0.307 e. The topological polar surface area (TPSA) is 40.5 Å². The van der Waals surface area contributed by atoms with Gasteiger partial charge in [-0.05, 0) is 49.9 Å². The van der Waals surface area contributed by atoms with Crippen LogP contribution in [0.2, 0.25) is 5.02 Å². The van der Waals surface area contributed by atoms with Crippen LogP contribution in [-0.4, -0.2) is 28.6 Å². The Balaban J connectivity index is 2.15. The fraction of sp³-hybridized carbons (Fsp3) is 0.533. The predicted molar refractivity (Wildman–Crippen MR) is 84.1 cm³/mol. The van der Waals surface area contributed by atoms with Gasteiger partial charge in [0.15, 0.2) is 0 Å². The van der Waals surface area contributed by atoms with E-state index in [-0.39, 0.29) is 5.92 Å². The summed E-state index contributed by atoms with van der Waals surface area (Å²) in [5, 5.41) is 9.94. The van der Waals surface area contributed by atoms with Gasteiger partial charge in [0.1, 0.15) is 0 Å². The zero-order chi connectivity index (χ0) is 14.9. The van der Waals surface area contributed by atoms with E-state index in [1.807, 2.05) is 19.1 Å². The molecule has 110 valence electrons. The minimum atomic E-state index is -0.692. The summed E-state index contributed by atoms with van der Waals surface area (Å²) in [6, 6.07) is 4.39. The Morgan fingerprint density at radius 1 is 1.50 bits per heavy atom. The molecule has 20 heavy (non-hydrogen) atoms. The average Bonchev–Trinajstić information content (AvgIpc) is 2.38. The van der Waals surface area contributed by atoms with Crippen molar-refractivity contribution in [2.75, 3.05) is 6.54 Å². The van der Waals surface area contributed by atoms with Gasteiger partial charge < -0.3 is 5.11 Å². The van der Waals surface area contributed by atoms with Gasteiger partial charge in [0.25, 0.3) is 0 Å². The van der Waals surface area contributed by atoms with Gasteiger partial charge >= 0.3 is 5.97 Å². The van der Waals surface area contributed by atoms with Crippen molar-refractivity contribution in [3.05, 3.63) is 32.8 Å². The lowest BCUT2D eigenvalue weighted by atomic mass is 9.93. The van der Waals surface area contributed by atoms with Crippen molar-refractivity contribution < 1.29 is 9.90 Å². The summed E-state index contributed by atoms with van der Waals surface area (Å²) < 4.78 is 1.03. The molecule has 2 atom stereocenters. The van der Waals surface area contributed by atoms with Gasteiger partial charge in [0.2, 0.25) is 0 Å². The molecule has 2 rings (SSSR count). The number of benzene rings is 1. The maximum absolute atomic E-state index is 11.2. The Morgan fingerprint density at radius 2 is 2.20 bits per heavy atom. The molecule has 0 radical (unpaired) electrons. The summed E-state index contributed by atoms with van der Waals surface area (Å²) in [4.78, 5) is 13.4. The van der Waals surface area contributed by atoms with Crippen molar-refractivity contribution in [3.63, 3.8) is 0 Å². The van der Waals surface area contributed by atoms with Crippen LogP contribution >= 0.6 is 27.5 Å². The molecule has 1 heterocycles. The van der Waals surface area contributed by atoms with Crippen molar-refractivity contribution in [1.82, 2.24) is 4.90 Å². The van der Waals surface area contributed by atoms with Crippen LogP contribution in [0.15, 0.2) is 16.6 Å². The number of rotatable bonds is 3. The first-order valence-corrected chi connectivity index (χ1v) is 7.97. The van der Waals surface area contributed by atoms with Gasteiger partial charge in [-0.1, -0.05) is 27.5 Å². The molecule has 3 nitrogen and oxygen atoms in total. The van der Waals surface area contributed by atoms with Crippen LogP contribution in [0, 0.1) is 12.8 Å². The van der Waals surface area contributed by atoms with Crippen LogP contribution in [-0.2, 0) is 11.3 Å². The number of likely N-dealkylation sites (tertiary alicyclic amines) is 1. The lowest BCUT2D eigenvalue weighted by Crippen LogP contribution is -2.43. The number of hydrogen-bond acceptors (Lipinski definition) is 2. The number of carboxylic acid groups (broad SMARTS) is 1. The highest BCUT2D eigenvalue weighted by Gasteiger charge is 2.29. The highest BCUT2D eigenvalue weighted by Crippen LogP contribution is 2.29. The molecular weight excluding hydrogens is 342 g/mol. The molecule has 1 saturated heterocycles. The number of aliphatic carboxylic acids is 1. The summed E-state index contributed by atoms with van der Waals surface area (Å²) in [6.07, 6.45) is 1.69. The quantitative estimate of drug-likeness (QED) is 0.882. The van der Waals surface area contributed by atoms with Crippen LogP contribution in [0.25, 0.3) is 0 Å². The van der Waals surface area contributed by atoms with Crippen molar-refractivity contribution in [3.8, 4) is 0 Å². The molecule has 1 fully saturated rings. The van der Waals surface area contributed by atoms with Gasteiger partial charge in [0.05, 0.1) is 5.92 Å². The van der Waals surface area contributed by atoms with E-state index in [1.54, 1.807) is 0 Å². The molecule has 1 aliphatic heterocycles. The molecule has 1 aliphatic rings. The first kappa shape index (κ1) is 15.8. The van der Waals surface area contributed by atoms with E-state index in [9.17, 15) is 9.90 Å². The first-order chi connectivity index (χ1) is 9.38. The molecule has 0 saturated carbocycles. The number of halogens is 2. The number of nitrogens with zero attached hydrogens (tertiary/aromatic N) is 1. The summed E-state index contributed by atoms with van der Waals surface area (Å²) in [5.74, 6) is -0.950. The van der Waals surface area contributed by atoms with Crippen LogP contribution in [0.1, 0.15) is 30.9 Å². The van der Waals surface area contributed by atoms with Gasteiger partial charge in [-0.15, -0.1) is 0 Å². The second kappa shape index (κ2) is 6.46. The minimum absolute atomic E-state index is 0.258. The minimum Gasteiger partial charge on any atom is -0.481 e. The maximum atomic E-state index is 11.2. The van der Waals surface area contributed by atoms with Crippen LogP contribution in [0.5, 0.6) is 0 Å². The summed E-state index contributed by atoms with van der Waals surface area (Å²) in [6.45, 7) is 5.46. The fourth-order valence-electron chi connectivity index (χ4n) is 2.63. The molecule has 0 aliphatic carbocycles. The molecule has 5 heteroatoms. The van der Waals surface area contributed by atoms with Crippen molar-refractivity contribution in [1.29, 1.82) is 0 Å². The van der Waals surface area contributed by atoms with Crippen molar-refractivity contribution in [2.45, 2.75) is 39.3 Å². The molecule has 1 aromatic rings. The fourth-order valence-corrected chi connectivity index (χ4v) is 3.40. The standard InChI is InChI=1S/C15H19BrClNO2/c1-9-5-13(16)12(6-14(9)17)8-18-7-11(15(19)20)4-3-10(18)2/h5-6,10-11H,3-4,7-8H2,1-2H3,(H,19,20). The third-order valence-corrected chi connectivity index (χ3v) is 5.21. The Bertz CT molecular complexity index is 521. The van der Waals surface area contributed by atoms with E-state index in [1.165, 1.54) is 0 Å². The zero-order valence-electron chi connectivity index (χ0n) is 11.7. The second-order valence-electron chi connectivity index (χ2n) is 5.58. The van der Waals surface area contributed by atoms with Crippen LogP contribution in [0.4, 0.5) is 0 Å². The predicted octanol–water partition coefficient (Wildman–Crippen LogP) is 4.10. The molecular formula is C15H19BrClNO2. The maximum Gasteiger partial charge on any atom is 0.307 e. The Labute approximate surface area is 133 Å². The Kier molecular flexibility index (Phi) is 5.10. The molecule has 0 spiro atoms. The molecule has 2 unspecified atom stereocenters. The van der Waals surface area contributed by atoms with Gasteiger partial charge in [-0.3, -0.25) is 9.69 Å². The number of piperidine rings is 1. The van der Waals surface area contributed by atoms with Gasteiger partial charge in [-0.2, -0.15) is 0 Å². The van der Waals surface area contributed by atoms with Gasteiger partial charge in [-0.25, -0.2) is 0 Å². The largest absolute Gasteiger partial charge is 0.481 e. The van der Waals surface area contributed by atoms with E-state index >= 15 is 0 Å². The third kappa shape index (κ3) is 3.54. The number of aryl methyl sites for hydroxylation is 1. The average molecular weight is 361 g/mol. The highest BCUT2D eigenvalue weighted by atomic mass is 79.9. The van der Waals surface area contributed by atoms with E-state index in [0.717, 1.165) is 40.0 Å². The lowest BCUT2D eigenvalue weighted by Gasteiger charge is -2.36. The monoisotopic (exact) mass is 359 g/mol. The molecule has 1 N–H and O–H groups in total. The summed E-state index contributed by atoms with van der Waals surface area (Å²) in [7, 11) is 0. The second-order valence-corrected chi connectivity index (χ2v) is 6.85. The zero-order valence-corrected chi connectivity index (χ0v) is 14.0. The SMILES string of the molecule is Cc1cc(Br)c(CN2CC(C(=O)O)CCC2C)cc1Cl. The highest BCUT2D eigenvalue weighted by molar-refractivity contribution is 9.10. The first-order valence-electron chi connectivity index (χ1n) is 6.80. The molecule has 0 bridgehead atoms. The van der Waals surface area contributed by atoms with E-state index in [4.69, 9.17) is 11.6 Å². The summed E-state index contributed by atoms with van der Waals surface area (Å²) >= 11 is 9.76. The van der Waals surface area contributed by atoms with Gasteiger partial charge in [0, 0.05) is 28.6 Å². The molecule has 1 aromatic carbocycles. The van der Waals surface area contributed by atoms with Crippen LogP contribution < -0.4 is 0 Å². The van der Waals surface area contributed by atoms with E-state index in [2.05, 4.69) is 27.8 Å².